The Labute approximate surface area is 171 Å². The summed E-state index contributed by atoms with van der Waals surface area (Å²) in [5.41, 5.74) is 5.43. The highest BCUT2D eigenvalue weighted by molar-refractivity contribution is 5.96. The molecule has 13 nitrogen and oxygen atoms in total. The number of carbonyl (C=O) groups excluding carboxylic acids is 3. The smallest absolute Gasteiger partial charge is 0.326 e. The molecule has 1 fully saturated rings. The lowest BCUT2D eigenvalue weighted by atomic mass is 10.1. The van der Waals surface area contributed by atoms with Gasteiger partial charge in [-0.2, -0.15) is 0 Å². The Hall–Kier alpha value is -3.22. The summed E-state index contributed by atoms with van der Waals surface area (Å²) >= 11 is 0. The Balaban J connectivity index is 2.92. The van der Waals surface area contributed by atoms with Gasteiger partial charge in [-0.25, -0.2) is 4.79 Å². The van der Waals surface area contributed by atoms with Crippen molar-refractivity contribution in [1.29, 1.82) is 0 Å². The van der Waals surface area contributed by atoms with Crippen LogP contribution < -0.4 is 16.4 Å². The number of carboxylic acids is 3. The van der Waals surface area contributed by atoms with E-state index in [2.05, 4.69) is 10.6 Å². The van der Waals surface area contributed by atoms with Gasteiger partial charge in [0.25, 0.3) is 0 Å². The van der Waals surface area contributed by atoms with Crippen LogP contribution in [0.3, 0.4) is 0 Å². The summed E-state index contributed by atoms with van der Waals surface area (Å²) < 4.78 is 0. The molecule has 4 unspecified atom stereocenters. The van der Waals surface area contributed by atoms with Crippen LogP contribution in [0.5, 0.6) is 0 Å². The van der Waals surface area contributed by atoms with Crippen molar-refractivity contribution in [2.24, 2.45) is 5.73 Å². The summed E-state index contributed by atoms with van der Waals surface area (Å²) in [7, 11) is 0. The third-order valence-electron chi connectivity index (χ3n) is 4.51. The lowest BCUT2D eigenvalue weighted by Crippen LogP contribution is -2.57. The lowest BCUT2D eigenvalue weighted by Gasteiger charge is -2.29. The van der Waals surface area contributed by atoms with Crippen LogP contribution in [0, 0.1) is 0 Å². The second kappa shape index (κ2) is 11.1. The molecular weight excluding hydrogens is 404 g/mol. The zero-order valence-electron chi connectivity index (χ0n) is 16.4. The number of hydrogen-bond acceptors (Lipinski definition) is 7. The standard InChI is InChI=1S/C17H26N4O9/c1-8(18)14(26)20-10(7-13(24)25)16(28)21-6-2-3-11(21)15(27)19-9(17(29)30)4-5-12(22)23/h8-11H,2-7,18H2,1H3,(H,19,27)(H,20,26)(H,22,23)(H,24,25)(H,29,30). The Morgan fingerprint density at radius 3 is 2.17 bits per heavy atom. The summed E-state index contributed by atoms with van der Waals surface area (Å²) in [5, 5.41) is 31.4. The molecule has 168 valence electrons. The van der Waals surface area contributed by atoms with Crippen molar-refractivity contribution in [2.45, 2.75) is 63.2 Å². The molecule has 7 N–H and O–H groups in total. The first kappa shape index (κ1) is 24.8. The molecule has 0 aromatic heterocycles. The lowest BCUT2D eigenvalue weighted by molar-refractivity contribution is -0.147. The number of hydrogen-bond donors (Lipinski definition) is 6. The molecule has 0 aliphatic carbocycles. The number of carbonyl (C=O) groups is 6. The minimum atomic E-state index is -1.46. The number of amides is 3. The molecule has 0 aromatic rings. The summed E-state index contributed by atoms with van der Waals surface area (Å²) in [5.74, 6) is -6.34. The van der Waals surface area contributed by atoms with Crippen molar-refractivity contribution in [3.63, 3.8) is 0 Å². The van der Waals surface area contributed by atoms with Gasteiger partial charge < -0.3 is 36.6 Å². The first-order chi connectivity index (χ1) is 13.9. The summed E-state index contributed by atoms with van der Waals surface area (Å²) in [6.45, 7) is 1.46. The maximum Gasteiger partial charge on any atom is 0.326 e. The van der Waals surface area contributed by atoms with Gasteiger partial charge in [-0.1, -0.05) is 0 Å². The molecule has 3 amide bonds. The van der Waals surface area contributed by atoms with Gasteiger partial charge in [0.05, 0.1) is 12.5 Å². The average molecular weight is 430 g/mol. The fourth-order valence-electron chi connectivity index (χ4n) is 2.97. The molecule has 0 saturated carbocycles. The van der Waals surface area contributed by atoms with E-state index in [1.165, 1.54) is 6.92 Å². The van der Waals surface area contributed by atoms with Crippen molar-refractivity contribution in [1.82, 2.24) is 15.5 Å². The predicted molar refractivity (Wildman–Crippen MR) is 99.0 cm³/mol. The number of rotatable bonds is 11. The van der Waals surface area contributed by atoms with E-state index in [0.717, 1.165) is 4.90 Å². The van der Waals surface area contributed by atoms with E-state index < -0.39 is 72.6 Å². The zero-order chi connectivity index (χ0) is 23.0. The Kier molecular flexibility index (Phi) is 9.17. The van der Waals surface area contributed by atoms with Crippen LogP contribution in [0.2, 0.25) is 0 Å². The zero-order valence-corrected chi connectivity index (χ0v) is 16.4. The third-order valence-corrected chi connectivity index (χ3v) is 4.51. The maximum absolute atomic E-state index is 12.8. The van der Waals surface area contributed by atoms with E-state index in [1.807, 2.05) is 0 Å². The Morgan fingerprint density at radius 2 is 1.67 bits per heavy atom. The quantitative estimate of drug-likeness (QED) is 0.206. The van der Waals surface area contributed by atoms with Crippen LogP contribution in [-0.4, -0.2) is 86.6 Å². The highest BCUT2D eigenvalue weighted by atomic mass is 16.4. The second-order valence-electron chi connectivity index (χ2n) is 6.97. The van der Waals surface area contributed by atoms with Crippen LogP contribution in [0.15, 0.2) is 0 Å². The Bertz CT molecular complexity index is 709. The van der Waals surface area contributed by atoms with Crippen molar-refractivity contribution in [3.05, 3.63) is 0 Å². The molecule has 1 saturated heterocycles. The molecule has 1 aliphatic rings. The van der Waals surface area contributed by atoms with Gasteiger partial charge in [0, 0.05) is 13.0 Å². The number of likely N-dealkylation sites (tertiary alicyclic amines) is 1. The second-order valence-corrected chi connectivity index (χ2v) is 6.97. The SMILES string of the molecule is CC(N)C(=O)NC(CC(=O)O)C(=O)N1CCCC1C(=O)NC(CCC(=O)O)C(=O)O. The summed E-state index contributed by atoms with van der Waals surface area (Å²) in [4.78, 5) is 71.3. The molecule has 13 heteroatoms. The molecule has 1 heterocycles. The molecule has 1 aliphatic heterocycles. The predicted octanol–water partition coefficient (Wildman–Crippen LogP) is -2.28. The normalized spacial score (nSPS) is 18.7. The minimum Gasteiger partial charge on any atom is -0.481 e. The van der Waals surface area contributed by atoms with E-state index >= 15 is 0 Å². The summed E-state index contributed by atoms with van der Waals surface area (Å²) in [6.07, 6.45) is -0.947. The number of nitrogens with one attached hydrogen (secondary N) is 2. The van der Waals surface area contributed by atoms with E-state index in [1.54, 1.807) is 0 Å². The first-order valence-electron chi connectivity index (χ1n) is 9.27. The molecule has 0 aromatic carbocycles. The topological polar surface area (TPSA) is 216 Å². The fraction of sp³-hybridized carbons (Fsp3) is 0.647. The van der Waals surface area contributed by atoms with Crippen LogP contribution in [0.4, 0.5) is 0 Å². The fourth-order valence-corrected chi connectivity index (χ4v) is 2.97. The van der Waals surface area contributed by atoms with E-state index in [9.17, 15) is 33.9 Å². The average Bonchev–Trinajstić information content (AvgIpc) is 3.12. The van der Waals surface area contributed by atoms with Gasteiger partial charge in [0.15, 0.2) is 0 Å². The van der Waals surface area contributed by atoms with Gasteiger partial charge in [0.1, 0.15) is 18.1 Å². The van der Waals surface area contributed by atoms with Crippen molar-refractivity contribution >= 4 is 35.6 Å². The van der Waals surface area contributed by atoms with Gasteiger partial charge in [-0.05, 0) is 26.2 Å². The number of aliphatic carboxylic acids is 3. The molecule has 0 bridgehead atoms. The number of nitrogens with two attached hydrogens (primary N) is 1. The van der Waals surface area contributed by atoms with Crippen LogP contribution in [0.1, 0.15) is 39.0 Å². The minimum absolute atomic E-state index is 0.105. The van der Waals surface area contributed by atoms with Crippen LogP contribution in [-0.2, 0) is 28.8 Å². The molecule has 0 radical (unpaired) electrons. The van der Waals surface area contributed by atoms with Gasteiger partial charge >= 0.3 is 17.9 Å². The van der Waals surface area contributed by atoms with Crippen molar-refractivity contribution in [2.75, 3.05) is 6.54 Å². The van der Waals surface area contributed by atoms with Gasteiger partial charge in [-0.15, -0.1) is 0 Å². The highest BCUT2D eigenvalue weighted by Crippen LogP contribution is 2.20. The first-order valence-corrected chi connectivity index (χ1v) is 9.27. The monoisotopic (exact) mass is 430 g/mol. The van der Waals surface area contributed by atoms with Crippen LogP contribution >= 0.6 is 0 Å². The highest BCUT2D eigenvalue weighted by Gasteiger charge is 2.39. The number of nitrogens with zero attached hydrogens (tertiary/aromatic N) is 1. The molecule has 1 rings (SSSR count). The molecule has 0 spiro atoms. The van der Waals surface area contributed by atoms with E-state index in [4.69, 9.17) is 15.9 Å². The van der Waals surface area contributed by atoms with Gasteiger partial charge in [-0.3, -0.25) is 24.0 Å². The van der Waals surface area contributed by atoms with E-state index in [-0.39, 0.29) is 19.4 Å². The van der Waals surface area contributed by atoms with Crippen molar-refractivity contribution in [3.8, 4) is 0 Å². The van der Waals surface area contributed by atoms with Crippen LogP contribution in [0.25, 0.3) is 0 Å². The Morgan fingerprint density at radius 1 is 1.03 bits per heavy atom. The summed E-state index contributed by atoms with van der Waals surface area (Å²) in [6, 6.07) is -4.97. The van der Waals surface area contributed by atoms with E-state index in [0.29, 0.717) is 6.42 Å². The molecular formula is C17H26N4O9. The van der Waals surface area contributed by atoms with Crippen molar-refractivity contribution < 1.29 is 44.1 Å². The molecule has 4 atom stereocenters. The molecule has 30 heavy (non-hydrogen) atoms. The third kappa shape index (κ3) is 7.31. The maximum atomic E-state index is 12.8. The number of carboxylic acid groups (broad SMARTS) is 3. The largest absolute Gasteiger partial charge is 0.481 e. The van der Waals surface area contributed by atoms with Gasteiger partial charge in [0.2, 0.25) is 17.7 Å².